The highest BCUT2D eigenvalue weighted by molar-refractivity contribution is 9.08. The van der Waals surface area contributed by atoms with Crippen LogP contribution in [-0.2, 0) is 16.7 Å². The van der Waals surface area contributed by atoms with Gasteiger partial charge in [-0.1, -0.05) is 28.1 Å². The van der Waals surface area contributed by atoms with E-state index in [-0.39, 0.29) is 24.8 Å². The van der Waals surface area contributed by atoms with Crippen molar-refractivity contribution in [3.8, 4) is 0 Å². The molecule has 1 aromatic carbocycles. The standard InChI is InChI=1S/C13H12BrN3O3/c14-6-8-1-2-10-9(5-8)7-17(12(10)19)16-4-3-11(18)15-13(16)20/h1-2,5H,3-4,6-7H2,(H,15,18,20). The van der Waals surface area contributed by atoms with Gasteiger partial charge in [0, 0.05) is 17.3 Å². The first-order valence-electron chi connectivity index (χ1n) is 6.21. The number of nitrogens with one attached hydrogen (secondary N) is 1. The minimum absolute atomic E-state index is 0.203. The van der Waals surface area contributed by atoms with Gasteiger partial charge in [0.15, 0.2) is 0 Å². The normalized spacial score (nSPS) is 18.4. The maximum Gasteiger partial charge on any atom is 0.342 e. The van der Waals surface area contributed by atoms with Gasteiger partial charge in [-0.15, -0.1) is 0 Å². The molecule has 0 saturated carbocycles. The summed E-state index contributed by atoms with van der Waals surface area (Å²) in [6, 6.07) is 5.08. The van der Waals surface area contributed by atoms with Crippen LogP contribution in [0.15, 0.2) is 18.2 Å². The maximum absolute atomic E-state index is 12.3. The van der Waals surface area contributed by atoms with Crippen molar-refractivity contribution in [2.45, 2.75) is 18.3 Å². The van der Waals surface area contributed by atoms with Crippen molar-refractivity contribution in [2.24, 2.45) is 0 Å². The van der Waals surface area contributed by atoms with Gasteiger partial charge in [0.05, 0.1) is 13.1 Å². The molecule has 20 heavy (non-hydrogen) atoms. The van der Waals surface area contributed by atoms with Crippen molar-refractivity contribution in [1.82, 2.24) is 15.3 Å². The van der Waals surface area contributed by atoms with E-state index in [1.807, 2.05) is 12.1 Å². The molecule has 0 bridgehead atoms. The molecule has 6 nitrogen and oxygen atoms in total. The summed E-state index contributed by atoms with van der Waals surface area (Å²) in [5, 5.41) is 5.63. The Labute approximate surface area is 123 Å². The number of benzene rings is 1. The molecule has 104 valence electrons. The molecule has 3 rings (SSSR count). The summed E-state index contributed by atoms with van der Waals surface area (Å²) in [6.07, 6.45) is 0.207. The van der Waals surface area contributed by atoms with Crippen molar-refractivity contribution in [3.63, 3.8) is 0 Å². The molecule has 0 spiro atoms. The number of rotatable bonds is 2. The fraction of sp³-hybridized carbons (Fsp3) is 0.308. The first-order chi connectivity index (χ1) is 9.60. The molecule has 2 aliphatic heterocycles. The van der Waals surface area contributed by atoms with E-state index in [0.29, 0.717) is 17.4 Å². The largest absolute Gasteiger partial charge is 0.342 e. The van der Waals surface area contributed by atoms with Crippen LogP contribution in [0.4, 0.5) is 4.79 Å². The molecule has 0 aliphatic carbocycles. The number of fused-ring (bicyclic) bond motifs is 1. The number of alkyl halides is 1. The molecule has 0 radical (unpaired) electrons. The van der Waals surface area contributed by atoms with Crippen LogP contribution < -0.4 is 5.32 Å². The van der Waals surface area contributed by atoms with Gasteiger partial charge in [-0.2, -0.15) is 0 Å². The molecule has 2 aliphatic rings. The van der Waals surface area contributed by atoms with Crippen LogP contribution in [0.3, 0.4) is 0 Å². The Morgan fingerprint density at radius 2 is 2.00 bits per heavy atom. The van der Waals surface area contributed by atoms with Crippen LogP contribution in [0, 0.1) is 0 Å². The number of hydrazine groups is 1. The molecule has 4 amide bonds. The molecule has 7 heteroatoms. The Hall–Kier alpha value is -1.89. The highest BCUT2D eigenvalue weighted by Crippen LogP contribution is 2.26. The monoisotopic (exact) mass is 337 g/mol. The third-order valence-corrected chi connectivity index (χ3v) is 4.08. The van der Waals surface area contributed by atoms with Gasteiger partial charge in [0.2, 0.25) is 5.91 Å². The summed E-state index contributed by atoms with van der Waals surface area (Å²) in [7, 11) is 0. The van der Waals surface area contributed by atoms with Gasteiger partial charge in [0.1, 0.15) is 0 Å². The molecule has 0 atom stereocenters. The Balaban J connectivity index is 1.86. The van der Waals surface area contributed by atoms with E-state index >= 15 is 0 Å². The summed E-state index contributed by atoms with van der Waals surface area (Å²) in [4.78, 5) is 35.3. The number of carbonyl (C=O) groups excluding carboxylic acids is 3. The first kappa shape index (κ1) is 13.1. The first-order valence-corrected chi connectivity index (χ1v) is 7.33. The van der Waals surface area contributed by atoms with E-state index in [9.17, 15) is 14.4 Å². The zero-order valence-electron chi connectivity index (χ0n) is 10.6. The predicted octanol–water partition coefficient (Wildman–Crippen LogP) is 1.39. The topological polar surface area (TPSA) is 69.7 Å². The van der Waals surface area contributed by atoms with Crippen LogP contribution >= 0.6 is 15.9 Å². The molecule has 1 fully saturated rings. The molecule has 1 saturated heterocycles. The zero-order valence-corrected chi connectivity index (χ0v) is 12.1. The van der Waals surface area contributed by atoms with E-state index in [0.717, 1.165) is 11.1 Å². The fourth-order valence-corrected chi connectivity index (χ4v) is 2.77. The lowest BCUT2D eigenvalue weighted by Crippen LogP contribution is -2.56. The average Bonchev–Trinajstić information content (AvgIpc) is 2.75. The van der Waals surface area contributed by atoms with Gasteiger partial charge in [-0.25, -0.2) is 14.8 Å². The third kappa shape index (κ3) is 2.07. The number of nitrogens with zero attached hydrogens (tertiary/aromatic N) is 2. The van der Waals surface area contributed by atoms with E-state index in [4.69, 9.17) is 0 Å². The van der Waals surface area contributed by atoms with Crippen molar-refractivity contribution >= 4 is 33.8 Å². The number of hydrogen-bond donors (Lipinski definition) is 1. The maximum atomic E-state index is 12.3. The van der Waals surface area contributed by atoms with Crippen LogP contribution in [0.1, 0.15) is 27.9 Å². The lowest BCUT2D eigenvalue weighted by molar-refractivity contribution is -0.123. The Morgan fingerprint density at radius 3 is 2.70 bits per heavy atom. The summed E-state index contributed by atoms with van der Waals surface area (Å²) < 4.78 is 0. The van der Waals surface area contributed by atoms with Gasteiger partial charge in [-0.3, -0.25) is 14.9 Å². The minimum Gasteiger partial charge on any atom is -0.276 e. The van der Waals surface area contributed by atoms with E-state index < -0.39 is 6.03 Å². The Morgan fingerprint density at radius 1 is 1.20 bits per heavy atom. The molecular formula is C13H12BrN3O3. The molecule has 2 heterocycles. The summed E-state index contributed by atoms with van der Waals surface area (Å²) in [5.41, 5.74) is 2.59. The van der Waals surface area contributed by atoms with Gasteiger partial charge in [0.25, 0.3) is 5.91 Å². The number of amides is 4. The fourth-order valence-electron chi connectivity index (χ4n) is 2.42. The number of hydrogen-bond acceptors (Lipinski definition) is 3. The number of imide groups is 1. The smallest absolute Gasteiger partial charge is 0.276 e. The van der Waals surface area contributed by atoms with Crippen LogP contribution in [0.25, 0.3) is 0 Å². The quantitative estimate of drug-likeness (QED) is 0.829. The number of carbonyl (C=O) groups is 3. The lowest BCUT2D eigenvalue weighted by Gasteiger charge is -2.33. The average molecular weight is 338 g/mol. The molecule has 1 aromatic rings. The molecular weight excluding hydrogens is 326 g/mol. The van der Waals surface area contributed by atoms with Crippen molar-refractivity contribution in [3.05, 3.63) is 34.9 Å². The van der Waals surface area contributed by atoms with Gasteiger partial charge < -0.3 is 0 Å². The number of urea groups is 1. The van der Waals surface area contributed by atoms with Gasteiger partial charge in [-0.05, 0) is 17.2 Å². The molecule has 1 N–H and O–H groups in total. The van der Waals surface area contributed by atoms with E-state index in [1.54, 1.807) is 6.07 Å². The van der Waals surface area contributed by atoms with Crippen LogP contribution in [0.2, 0.25) is 0 Å². The SMILES string of the molecule is O=C1CCN(N2Cc3cc(CBr)ccc3C2=O)C(=O)N1. The zero-order chi connectivity index (χ0) is 14.3. The van der Waals surface area contributed by atoms with Crippen molar-refractivity contribution < 1.29 is 14.4 Å². The predicted molar refractivity (Wildman–Crippen MR) is 73.8 cm³/mol. The van der Waals surface area contributed by atoms with Gasteiger partial charge >= 0.3 is 6.03 Å². The summed E-state index contributed by atoms with van der Waals surface area (Å²) in [5.74, 6) is -0.511. The van der Waals surface area contributed by atoms with Crippen LogP contribution in [-0.4, -0.2) is 34.4 Å². The number of halogens is 1. The van der Waals surface area contributed by atoms with E-state index in [1.165, 1.54) is 10.0 Å². The second-order valence-electron chi connectivity index (χ2n) is 4.71. The summed E-state index contributed by atoms with van der Waals surface area (Å²) >= 11 is 3.38. The van der Waals surface area contributed by atoms with Crippen molar-refractivity contribution in [2.75, 3.05) is 6.54 Å². The Kier molecular flexibility index (Phi) is 3.21. The van der Waals surface area contributed by atoms with Crippen molar-refractivity contribution in [1.29, 1.82) is 0 Å². The third-order valence-electron chi connectivity index (χ3n) is 3.43. The minimum atomic E-state index is -0.539. The highest BCUT2D eigenvalue weighted by atomic mass is 79.9. The second-order valence-corrected chi connectivity index (χ2v) is 5.28. The van der Waals surface area contributed by atoms with Crippen LogP contribution in [0.5, 0.6) is 0 Å². The second kappa shape index (κ2) is 4.90. The Bertz CT molecular complexity index is 617. The highest BCUT2D eigenvalue weighted by Gasteiger charge is 2.36. The summed E-state index contributed by atoms with van der Waals surface area (Å²) in [6.45, 7) is 0.590. The molecule has 0 aromatic heterocycles. The van der Waals surface area contributed by atoms with E-state index in [2.05, 4.69) is 21.2 Å². The lowest BCUT2D eigenvalue weighted by atomic mass is 10.1. The molecule has 0 unspecified atom stereocenters.